The molecule has 0 saturated heterocycles. The van der Waals surface area contributed by atoms with E-state index in [2.05, 4.69) is 10.1 Å². The summed E-state index contributed by atoms with van der Waals surface area (Å²) < 4.78 is 31.1. The summed E-state index contributed by atoms with van der Waals surface area (Å²) >= 11 is 5.41. The van der Waals surface area contributed by atoms with Crippen LogP contribution in [0.25, 0.3) is 11.4 Å². The van der Waals surface area contributed by atoms with Gasteiger partial charge in [0.05, 0.1) is 12.1 Å². The van der Waals surface area contributed by atoms with E-state index in [-0.39, 0.29) is 23.8 Å². The van der Waals surface area contributed by atoms with Gasteiger partial charge in [0.25, 0.3) is 0 Å². The molecule has 0 fully saturated rings. The van der Waals surface area contributed by atoms with Crippen molar-refractivity contribution in [2.45, 2.75) is 6.54 Å². The van der Waals surface area contributed by atoms with Crippen molar-refractivity contribution in [1.29, 1.82) is 0 Å². The smallest absolute Gasteiger partial charge is 0.240 e. The molecule has 2 rings (SSSR count). The van der Waals surface area contributed by atoms with E-state index in [1.807, 2.05) is 0 Å². The minimum atomic E-state index is -0.925. The largest absolute Gasteiger partial charge is 0.338 e. The molecule has 0 spiro atoms. The highest BCUT2D eigenvalue weighted by molar-refractivity contribution is 6.31. The van der Waals surface area contributed by atoms with Crippen molar-refractivity contribution < 1.29 is 13.3 Å². The van der Waals surface area contributed by atoms with Crippen molar-refractivity contribution in [3.05, 3.63) is 34.7 Å². The lowest BCUT2D eigenvalue weighted by Gasteiger charge is -2.00. The second-order valence-corrected chi connectivity index (χ2v) is 3.32. The Morgan fingerprint density at radius 1 is 1.38 bits per heavy atom. The fourth-order valence-corrected chi connectivity index (χ4v) is 1.31. The van der Waals surface area contributed by atoms with E-state index >= 15 is 0 Å². The first-order valence-corrected chi connectivity index (χ1v) is 4.67. The Balaban J connectivity index is 2.52. The SMILES string of the molecule is NCc1nc(-c2ccc(F)c(Cl)c2F)no1. The summed E-state index contributed by atoms with van der Waals surface area (Å²) in [6.45, 7) is 0.0452. The molecule has 0 unspecified atom stereocenters. The molecule has 1 heterocycles. The standard InChI is InChI=1S/C9H6ClF2N3O/c10-7-5(11)2-1-4(8(7)12)9-14-6(3-13)16-15-9/h1-2H,3,13H2. The first-order chi connectivity index (χ1) is 7.63. The third kappa shape index (κ3) is 1.77. The zero-order valence-corrected chi connectivity index (χ0v) is 8.63. The molecular weight excluding hydrogens is 240 g/mol. The fraction of sp³-hybridized carbons (Fsp3) is 0.111. The Labute approximate surface area is 94.0 Å². The lowest BCUT2D eigenvalue weighted by molar-refractivity contribution is 0.380. The summed E-state index contributed by atoms with van der Waals surface area (Å²) in [4.78, 5) is 3.81. The van der Waals surface area contributed by atoms with Crippen molar-refractivity contribution >= 4 is 11.6 Å². The monoisotopic (exact) mass is 245 g/mol. The van der Waals surface area contributed by atoms with E-state index in [4.69, 9.17) is 21.9 Å². The Morgan fingerprint density at radius 3 is 2.75 bits per heavy atom. The Morgan fingerprint density at radius 2 is 2.12 bits per heavy atom. The molecule has 16 heavy (non-hydrogen) atoms. The van der Waals surface area contributed by atoms with Crippen molar-refractivity contribution in [3.63, 3.8) is 0 Å². The van der Waals surface area contributed by atoms with Crippen molar-refractivity contribution in [1.82, 2.24) is 10.1 Å². The predicted molar refractivity (Wildman–Crippen MR) is 52.6 cm³/mol. The highest BCUT2D eigenvalue weighted by Gasteiger charge is 2.17. The second-order valence-electron chi connectivity index (χ2n) is 2.94. The molecule has 1 aromatic carbocycles. The molecule has 0 saturated carbocycles. The van der Waals surface area contributed by atoms with E-state index in [0.717, 1.165) is 6.07 Å². The second kappa shape index (κ2) is 4.15. The average Bonchev–Trinajstić information content (AvgIpc) is 2.74. The van der Waals surface area contributed by atoms with Gasteiger partial charge in [-0.15, -0.1) is 0 Å². The number of rotatable bonds is 2. The molecule has 84 valence electrons. The van der Waals surface area contributed by atoms with E-state index in [1.54, 1.807) is 0 Å². The predicted octanol–water partition coefficient (Wildman–Crippen LogP) is 2.13. The van der Waals surface area contributed by atoms with E-state index < -0.39 is 16.7 Å². The van der Waals surface area contributed by atoms with Gasteiger partial charge in [-0.2, -0.15) is 4.98 Å². The van der Waals surface area contributed by atoms with Crippen LogP contribution in [-0.2, 0) is 6.54 Å². The molecule has 0 bridgehead atoms. The number of hydrogen-bond acceptors (Lipinski definition) is 4. The van der Waals surface area contributed by atoms with Crippen LogP contribution in [0.15, 0.2) is 16.7 Å². The number of aromatic nitrogens is 2. The number of hydrogen-bond donors (Lipinski definition) is 1. The molecule has 2 aromatic rings. The van der Waals surface area contributed by atoms with Crippen LogP contribution in [-0.4, -0.2) is 10.1 Å². The summed E-state index contributed by atoms with van der Waals surface area (Å²) in [5.74, 6) is -1.62. The molecule has 0 amide bonds. The molecule has 4 nitrogen and oxygen atoms in total. The number of nitrogens with zero attached hydrogens (tertiary/aromatic N) is 2. The van der Waals surface area contributed by atoms with Gasteiger partial charge in [-0.25, -0.2) is 8.78 Å². The first-order valence-electron chi connectivity index (χ1n) is 4.30. The normalized spacial score (nSPS) is 10.8. The molecule has 0 atom stereocenters. The molecule has 0 aliphatic rings. The van der Waals surface area contributed by atoms with Gasteiger partial charge >= 0.3 is 0 Å². The molecule has 7 heteroatoms. The van der Waals surface area contributed by atoms with Crippen LogP contribution in [0.1, 0.15) is 5.89 Å². The maximum atomic E-state index is 13.5. The van der Waals surface area contributed by atoms with Crippen LogP contribution in [0.5, 0.6) is 0 Å². The van der Waals surface area contributed by atoms with Gasteiger partial charge < -0.3 is 10.3 Å². The minimum absolute atomic E-state index is 0.0140. The van der Waals surface area contributed by atoms with Crippen LogP contribution < -0.4 is 5.73 Å². The van der Waals surface area contributed by atoms with Gasteiger partial charge in [0.2, 0.25) is 11.7 Å². The quantitative estimate of drug-likeness (QED) is 0.823. The minimum Gasteiger partial charge on any atom is -0.338 e. The summed E-state index contributed by atoms with van der Waals surface area (Å²) in [5.41, 5.74) is 5.22. The molecular formula is C9H6ClF2N3O. The van der Waals surface area contributed by atoms with Gasteiger partial charge in [0.1, 0.15) is 10.8 Å². The van der Waals surface area contributed by atoms with Crippen molar-refractivity contribution in [3.8, 4) is 11.4 Å². The van der Waals surface area contributed by atoms with Crippen molar-refractivity contribution in [2.24, 2.45) is 5.73 Å². The van der Waals surface area contributed by atoms with Gasteiger partial charge in [-0.1, -0.05) is 16.8 Å². The van der Waals surface area contributed by atoms with Crippen LogP contribution in [0, 0.1) is 11.6 Å². The molecule has 0 radical (unpaired) electrons. The highest BCUT2D eigenvalue weighted by atomic mass is 35.5. The Hall–Kier alpha value is -1.53. The zero-order chi connectivity index (χ0) is 11.7. The zero-order valence-electron chi connectivity index (χ0n) is 7.88. The number of benzene rings is 1. The third-order valence-electron chi connectivity index (χ3n) is 1.92. The molecule has 1 aromatic heterocycles. The number of nitrogens with two attached hydrogens (primary N) is 1. The van der Waals surface area contributed by atoms with Crippen LogP contribution in [0.4, 0.5) is 8.78 Å². The maximum Gasteiger partial charge on any atom is 0.240 e. The van der Waals surface area contributed by atoms with Gasteiger partial charge in [0, 0.05) is 0 Å². The van der Waals surface area contributed by atoms with E-state index in [9.17, 15) is 8.78 Å². The lowest BCUT2D eigenvalue weighted by Crippen LogP contribution is -1.96. The van der Waals surface area contributed by atoms with E-state index in [1.165, 1.54) is 6.07 Å². The first kappa shape index (κ1) is 11.0. The fourth-order valence-electron chi connectivity index (χ4n) is 1.15. The van der Waals surface area contributed by atoms with Crippen LogP contribution in [0.2, 0.25) is 5.02 Å². The Bertz CT molecular complexity index is 529. The summed E-state index contributed by atoms with van der Waals surface area (Å²) in [5, 5.41) is 2.90. The summed E-state index contributed by atoms with van der Waals surface area (Å²) in [6, 6.07) is 2.21. The van der Waals surface area contributed by atoms with Gasteiger partial charge in [-0.3, -0.25) is 0 Å². The lowest BCUT2D eigenvalue weighted by atomic mass is 10.2. The average molecular weight is 246 g/mol. The topological polar surface area (TPSA) is 64.9 Å². The van der Waals surface area contributed by atoms with Gasteiger partial charge in [-0.05, 0) is 12.1 Å². The van der Waals surface area contributed by atoms with Crippen LogP contribution >= 0.6 is 11.6 Å². The third-order valence-corrected chi connectivity index (χ3v) is 2.27. The molecule has 2 N–H and O–H groups in total. The van der Waals surface area contributed by atoms with E-state index in [0.29, 0.717) is 0 Å². The summed E-state index contributed by atoms with van der Waals surface area (Å²) in [6.07, 6.45) is 0. The molecule has 0 aliphatic carbocycles. The Kier molecular flexibility index (Phi) is 2.84. The number of halogens is 3. The highest BCUT2D eigenvalue weighted by Crippen LogP contribution is 2.27. The van der Waals surface area contributed by atoms with Crippen LogP contribution in [0.3, 0.4) is 0 Å². The van der Waals surface area contributed by atoms with Crippen molar-refractivity contribution in [2.75, 3.05) is 0 Å². The maximum absolute atomic E-state index is 13.5. The summed E-state index contributed by atoms with van der Waals surface area (Å²) in [7, 11) is 0. The molecule has 0 aliphatic heterocycles. The van der Waals surface area contributed by atoms with Gasteiger partial charge in [0.15, 0.2) is 5.82 Å².